The molecule has 0 aromatic carbocycles. The van der Waals surface area contributed by atoms with Crippen LogP contribution >= 0.6 is 0 Å². The summed E-state index contributed by atoms with van der Waals surface area (Å²) in [5.74, 6) is -2.09. The number of carbonyl (C=O) groups excluding carboxylic acids is 4. The van der Waals surface area contributed by atoms with Gasteiger partial charge in [-0.25, -0.2) is 0 Å². The van der Waals surface area contributed by atoms with E-state index in [4.69, 9.17) is 18.9 Å². The summed E-state index contributed by atoms with van der Waals surface area (Å²) in [7, 11) is 2.69. The van der Waals surface area contributed by atoms with Crippen LogP contribution in [-0.2, 0) is 38.1 Å². The number of carbonyl (C=O) groups is 4. The topological polar surface area (TPSA) is 112 Å². The van der Waals surface area contributed by atoms with Gasteiger partial charge in [-0.3, -0.25) is 19.2 Å². The number of Topliss-reactive ketones (excluding diaryl/α,β-unsaturated/α-hetero) is 2. The molecule has 8 nitrogen and oxygen atoms in total. The second-order valence-electron chi connectivity index (χ2n) is 11.1. The van der Waals surface area contributed by atoms with Gasteiger partial charge in [-0.05, 0) is 24.7 Å². The third kappa shape index (κ3) is 0.835. The molecule has 156 valence electrons. The van der Waals surface area contributed by atoms with Crippen molar-refractivity contribution in [1.29, 1.82) is 0 Å². The Hall–Kier alpha value is -1.80. The Labute approximate surface area is 170 Å². The monoisotopic (exact) mass is 412 g/mol. The van der Waals surface area contributed by atoms with E-state index in [0.29, 0.717) is 25.7 Å². The number of hydrogen-bond donors (Lipinski definition) is 0. The first-order chi connectivity index (χ1) is 14.4. The first-order valence-electron chi connectivity index (χ1n) is 11.0. The van der Waals surface area contributed by atoms with Crippen LogP contribution in [0, 0.1) is 46.3 Å². The van der Waals surface area contributed by atoms with Crippen LogP contribution in [0.25, 0.3) is 0 Å². The number of epoxide rings is 2. The number of rotatable bonds is 2. The zero-order chi connectivity index (χ0) is 20.4. The largest absolute Gasteiger partial charge is 0.469 e. The van der Waals surface area contributed by atoms with Gasteiger partial charge in [0.15, 0.2) is 22.8 Å². The fraction of sp³-hybridized carbons (Fsp3) is 0.818. The van der Waals surface area contributed by atoms with Crippen LogP contribution in [0.2, 0.25) is 0 Å². The van der Waals surface area contributed by atoms with E-state index in [1.54, 1.807) is 0 Å². The van der Waals surface area contributed by atoms with E-state index in [2.05, 4.69) is 0 Å². The highest BCUT2D eigenvalue weighted by Gasteiger charge is 3.16. The Balaban J connectivity index is 1.43. The highest BCUT2D eigenvalue weighted by Crippen LogP contribution is 3.05. The quantitative estimate of drug-likeness (QED) is 0.453. The van der Waals surface area contributed by atoms with E-state index in [1.165, 1.54) is 14.2 Å². The van der Waals surface area contributed by atoms with Gasteiger partial charge in [0.1, 0.15) is 11.2 Å². The smallest absolute Gasteiger partial charge is 0.313 e. The zero-order valence-electron chi connectivity index (χ0n) is 16.6. The Kier molecular flexibility index (Phi) is 1.90. The summed E-state index contributed by atoms with van der Waals surface area (Å²) in [4.78, 5) is 53.8. The molecule has 0 unspecified atom stereocenters. The second kappa shape index (κ2) is 3.58. The van der Waals surface area contributed by atoms with Crippen molar-refractivity contribution < 1.29 is 38.1 Å². The lowest BCUT2D eigenvalue weighted by atomic mass is 9.43. The van der Waals surface area contributed by atoms with Gasteiger partial charge in [-0.1, -0.05) is 0 Å². The van der Waals surface area contributed by atoms with Crippen LogP contribution in [0.1, 0.15) is 25.7 Å². The average molecular weight is 412 g/mol. The molecular weight excluding hydrogens is 392 g/mol. The third-order valence-corrected chi connectivity index (χ3v) is 11.7. The van der Waals surface area contributed by atoms with Crippen LogP contribution in [-0.4, -0.2) is 60.1 Å². The minimum Gasteiger partial charge on any atom is -0.469 e. The van der Waals surface area contributed by atoms with Gasteiger partial charge in [0.25, 0.3) is 0 Å². The molecule has 2 heterocycles. The molecule has 0 aromatic heterocycles. The molecule has 0 radical (unpaired) electrons. The Bertz CT molecular complexity index is 1030. The maximum atomic E-state index is 13.8. The summed E-state index contributed by atoms with van der Waals surface area (Å²) in [5, 5.41) is 0. The summed E-state index contributed by atoms with van der Waals surface area (Å²) in [5.41, 5.74) is -5.69. The predicted molar refractivity (Wildman–Crippen MR) is 91.4 cm³/mol. The summed E-state index contributed by atoms with van der Waals surface area (Å²) >= 11 is 0. The summed E-state index contributed by atoms with van der Waals surface area (Å²) in [6, 6.07) is 0. The average Bonchev–Trinajstić information content (AvgIpc) is 3.06. The molecule has 8 aliphatic carbocycles. The third-order valence-electron chi connectivity index (χ3n) is 11.7. The van der Waals surface area contributed by atoms with Crippen molar-refractivity contribution in [1.82, 2.24) is 0 Å². The standard InChI is InChI=1S/C22H20O8/c1-27-15(25)19-11-9-10-12(18-6-4-7(23)21(18,30-18)13(10)19)20(19,16(26)28-2)14(9)22-8(24)3-5-17(11,22)29-22/h9-14H,3-6H2,1-2H3/t9-,10-,11+,12+,13-,14+,17+,18-,19-,20+,21-,22-/m0/s1. The number of ether oxygens (including phenoxy) is 4. The van der Waals surface area contributed by atoms with Crippen molar-refractivity contribution in [2.24, 2.45) is 46.3 Å². The summed E-state index contributed by atoms with van der Waals surface area (Å²) in [6.45, 7) is 0. The van der Waals surface area contributed by atoms with E-state index in [1.807, 2.05) is 0 Å². The highest BCUT2D eigenvalue weighted by molar-refractivity contribution is 6.07. The fourth-order valence-electron chi connectivity index (χ4n) is 12.1. The van der Waals surface area contributed by atoms with Crippen molar-refractivity contribution in [2.75, 3.05) is 14.2 Å². The fourth-order valence-corrected chi connectivity index (χ4v) is 12.1. The second-order valence-corrected chi connectivity index (χ2v) is 11.1. The molecule has 12 atom stereocenters. The lowest BCUT2D eigenvalue weighted by Crippen LogP contribution is -2.69. The van der Waals surface area contributed by atoms with Gasteiger partial charge < -0.3 is 18.9 Å². The molecule has 2 saturated heterocycles. The number of methoxy groups -OCH3 is 2. The van der Waals surface area contributed by atoms with E-state index in [-0.39, 0.29) is 47.1 Å². The zero-order valence-corrected chi connectivity index (χ0v) is 16.6. The first kappa shape index (κ1) is 15.9. The van der Waals surface area contributed by atoms with Crippen molar-refractivity contribution in [3.05, 3.63) is 0 Å². The molecule has 0 spiro atoms. The molecule has 8 saturated carbocycles. The van der Waals surface area contributed by atoms with E-state index >= 15 is 0 Å². The van der Waals surface area contributed by atoms with Gasteiger partial charge >= 0.3 is 11.9 Å². The van der Waals surface area contributed by atoms with Crippen molar-refractivity contribution in [3.63, 3.8) is 0 Å². The Morgan fingerprint density at radius 1 is 0.767 bits per heavy atom. The van der Waals surface area contributed by atoms with Gasteiger partial charge in [0.05, 0.1) is 25.0 Å². The molecule has 0 N–H and O–H groups in total. The molecule has 10 aliphatic rings. The van der Waals surface area contributed by atoms with Crippen LogP contribution in [0.15, 0.2) is 0 Å². The number of ketones is 2. The van der Waals surface area contributed by atoms with E-state index < -0.39 is 45.2 Å². The Morgan fingerprint density at radius 2 is 1.17 bits per heavy atom. The predicted octanol–water partition coefficient (Wildman–Crippen LogP) is -0.188. The van der Waals surface area contributed by atoms with E-state index in [0.717, 1.165) is 0 Å². The molecule has 2 aliphatic heterocycles. The molecular formula is C22H20O8. The lowest BCUT2D eigenvalue weighted by Gasteiger charge is -2.53. The van der Waals surface area contributed by atoms with Crippen LogP contribution in [0.4, 0.5) is 0 Å². The summed E-state index contributed by atoms with van der Waals surface area (Å²) < 4.78 is 23.4. The first-order valence-corrected chi connectivity index (χ1v) is 11.0. The molecule has 8 heteroatoms. The molecule has 30 heavy (non-hydrogen) atoms. The van der Waals surface area contributed by atoms with Crippen molar-refractivity contribution in [3.8, 4) is 0 Å². The maximum Gasteiger partial charge on any atom is 0.313 e. The summed E-state index contributed by atoms with van der Waals surface area (Å²) in [6.07, 6.45) is 1.99. The lowest BCUT2D eigenvalue weighted by molar-refractivity contribution is -0.197. The minimum absolute atomic E-state index is 0.00671. The van der Waals surface area contributed by atoms with Gasteiger partial charge in [0.2, 0.25) is 0 Å². The molecule has 0 aromatic rings. The van der Waals surface area contributed by atoms with Crippen LogP contribution < -0.4 is 0 Å². The van der Waals surface area contributed by atoms with Crippen LogP contribution in [0.5, 0.6) is 0 Å². The number of hydrogen-bond acceptors (Lipinski definition) is 8. The van der Waals surface area contributed by atoms with Crippen molar-refractivity contribution in [2.45, 2.75) is 48.1 Å². The highest BCUT2D eigenvalue weighted by atomic mass is 16.7. The van der Waals surface area contributed by atoms with Crippen LogP contribution in [0.3, 0.4) is 0 Å². The van der Waals surface area contributed by atoms with Gasteiger partial charge in [-0.2, -0.15) is 0 Å². The van der Waals surface area contributed by atoms with Gasteiger partial charge in [0, 0.05) is 36.5 Å². The van der Waals surface area contributed by atoms with E-state index in [9.17, 15) is 19.2 Å². The minimum atomic E-state index is -1.20. The van der Waals surface area contributed by atoms with Crippen molar-refractivity contribution >= 4 is 23.5 Å². The maximum absolute atomic E-state index is 13.8. The van der Waals surface area contributed by atoms with Gasteiger partial charge in [-0.15, -0.1) is 0 Å². The molecule has 8 bridgehead atoms. The number of esters is 2. The molecule has 0 amide bonds. The molecule has 10 rings (SSSR count). The molecule has 10 fully saturated rings. The Morgan fingerprint density at radius 3 is 1.53 bits per heavy atom. The SMILES string of the molecule is COC(=O)[C@]12[C@H]3[C@H]4[C@H]5[C@@H]1[C@@]16CCC(=O)[C@]1(O6)[C@@H]5[C@]2(C(=O)OC)[C@H]4[C@]12CCC(=O)[C@]31O2. The normalized spacial score (nSPS) is 69.4.